The van der Waals surface area contributed by atoms with Crippen LogP contribution in [-0.4, -0.2) is 18.5 Å². The molecule has 0 aromatic carbocycles. The van der Waals surface area contributed by atoms with Crippen LogP contribution < -0.4 is 9.47 Å². The highest BCUT2D eigenvalue weighted by molar-refractivity contribution is 6.17. The molecule has 0 N–H and O–H groups in total. The molecular weight excluding hydrogens is 247 g/mol. The number of aryl methyl sites for hydroxylation is 1. The first-order chi connectivity index (χ1) is 7.37. The van der Waals surface area contributed by atoms with E-state index in [1.165, 1.54) is 13.2 Å². The van der Waals surface area contributed by atoms with Crippen molar-refractivity contribution in [1.82, 2.24) is 4.98 Å². The highest BCUT2D eigenvalue weighted by Crippen LogP contribution is 2.32. The second-order valence-corrected chi connectivity index (χ2v) is 3.21. The largest absolute Gasteiger partial charge is 0.574 e. The molecule has 0 atom stereocenters. The van der Waals surface area contributed by atoms with Crippen molar-refractivity contribution in [3.63, 3.8) is 0 Å². The summed E-state index contributed by atoms with van der Waals surface area (Å²) in [5.41, 5.74) is 0.961. The van der Waals surface area contributed by atoms with Gasteiger partial charge in [-0.3, -0.25) is 0 Å². The van der Waals surface area contributed by atoms with Crippen LogP contribution in [0.5, 0.6) is 11.6 Å². The monoisotopic (exact) mass is 255 g/mol. The third-order valence-electron chi connectivity index (χ3n) is 1.81. The molecule has 7 heteroatoms. The topological polar surface area (TPSA) is 31.4 Å². The Kier molecular flexibility index (Phi) is 3.85. The number of methoxy groups -OCH3 is 1. The molecule has 0 saturated carbocycles. The van der Waals surface area contributed by atoms with Gasteiger partial charge in [-0.25, -0.2) is 4.98 Å². The Hall–Kier alpha value is -1.17. The molecule has 0 unspecified atom stereocenters. The first-order valence-electron chi connectivity index (χ1n) is 4.23. The van der Waals surface area contributed by atoms with Crippen molar-refractivity contribution in [2.75, 3.05) is 7.11 Å². The molecule has 0 aliphatic heterocycles. The van der Waals surface area contributed by atoms with E-state index in [9.17, 15) is 13.2 Å². The second kappa shape index (κ2) is 4.78. The highest BCUT2D eigenvalue weighted by Gasteiger charge is 2.33. The van der Waals surface area contributed by atoms with Gasteiger partial charge in [0, 0.05) is 0 Å². The summed E-state index contributed by atoms with van der Waals surface area (Å²) in [4.78, 5) is 3.65. The Morgan fingerprint density at radius 1 is 1.44 bits per heavy atom. The molecule has 90 valence electrons. The molecule has 1 aromatic heterocycles. The Morgan fingerprint density at radius 2 is 2.06 bits per heavy atom. The Bertz CT molecular complexity index is 382. The molecule has 0 amide bonds. The molecule has 1 heterocycles. The molecule has 0 radical (unpaired) electrons. The molecule has 1 aromatic rings. The predicted octanol–water partition coefficient (Wildman–Crippen LogP) is 3.04. The number of hydrogen-bond acceptors (Lipinski definition) is 3. The van der Waals surface area contributed by atoms with Gasteiger partial charge in [-0.2, -0.15) is 0 Å². The zero-order chi connectivity index (χ0) is 12.3. The van der Waals surface area contributed by atoms with Crippen LogP contribution in [0.15, 0.2) is 6.07 Å². The molecular formula is C9H9ClF3NO2. The van der Waals surface area contributed by atoms with Crippen molar-refractivity contribution < 1.29 is 22.6 Å². The van der Waals surface area contributed by atoms with E-state index in [0.717, 1.165) is 0 Å². The van der Waals surface area contributed by atoms with Crippen LogP contribution in [0.1, 0.15) is 11.3 Å². The average molecular weight is 256 g/mol. The summed E-state index contributed by atoms with van der Waals surface area (Å²) in [6.07, 6.45) is -4.81. The van der Waals surface area contributed by atoms with Gasteiger partial charge in [0.1, 0.15) is 0 Å². The summed E-state index contributed by atoms with van der Waals surface area (Å²) in [6.45, 7) is 1.67. The zero-order valence-corrected chi connectivity index (χ0v) is 9.32. The Balaban J connectivity index is 3.15. The van der Waals surface area contributed by atoms with E-state index in [0.29, 0.717) is 11.3 Å². The third-order valence-corrected chi connectivity index (χ3v) is 2.06. The number of nitrogens with zero attached hydrogens (tertiary/aromatic N) is 1. The summed E-state index contributed by atoms with van der Waals surface area (Å²) in [6, 6.07) is 1.39. The minimum absolute atomic E-state index is 0.00401. The Morgan fingerprint density at radius 3 is 2.50 bits per heavy atom. The maximum Gasteiger partial charge on any atom is 0.574 e. The van der Waals surface area contributed by atoms with Gasteiger partial charge in [-0.1, -0.05) is 0 Å². The normalized spacial score (nSPS) is 11.4. The van der Waals surface area contributed by atoms with Crippen molar-refractivity contribution in [2.45, 2.75) is 19.2 Å². The summed E-state index contributed by atoms with van der Waals surface area (Å²) in [7, 11) is 1.24. The number of rotatable bonds is 3. The number of pyridine rings is 1. The summed E-state index contributed by atoms with van der Waals surface area (Å²) in [5.74, 6) is -0.704. The van der Waals surface area contributed by atoms with Crippen LogP contribution in [0.4, 0.5) is 13.2 Å². The molecule has 0 aliphatic rings. The van der Waals surface area contributed by atoms with E-state index in [-0.39, 0.29) is 11.6 Å². The van der Waals surface area contributed by atoms with Gasteiger partial charge < -0.3 is 9.47 Å². The van der Waals surface area contributed by atoms with E-state index in [2.05, 4.69) is 9.72 Å². The third kappa shape index (κ3) is 3.16. The predicted molar refractivity (Wildman–Crippen MR) is 51.8 cm³/mol. The SMILES string of the molecule is COc1cc(C)c(CCl)nc1OC(F)(F)F. The minimum atomic E-state index is -4.81. The van der Waals surface area contributed by atoms with E-state index >= 15 is 0 Å². The minimum Gasteiger partial charge on any atom is -0.491 e. The van der Waals surface area contributed by atoms with Gasteiger partial charge in [0.2, 0.25) is 0 Å². The van der Waals surface area contributed by atoms with E-state index in [1.807, 2.05) is 0 Å². The molecule has 0 bridgehead atoms. The number of aromatic nitrogens is 1. The number of alkyl halides is 4. The quantitative estimate of drug-likeness (QED) is 0.778. The number of hydrogen-bond donors (Lipinski definition) is 0. The van der Waals surface area contributed by atoms with Crippen LogP contribution in [0.25, 0.3) is 0 Å². The molecule has 0 aliphatic carbocycles. The molecule has 0 fully saturated rings. The van der Waals surface area contributed by atoms with Crippen molar-refractivity contribution in [3.8, 4) is 11.6 Å². The lowest BCUT2D eigenvalue weighted by Crippen LogP contribution is -2.19. The van der Waals surface area contributed by atoms with Crippen LogP contribution >= 0.6 is 11.6 Å². The van der Waals surface area contributed by atoms with Crippen molar-refractivity contribution in [1.29, 1.82) is 0 Å². The zero-order valence-electron chi connectivity index (χ0n) is 8.56. The lowest BCUT2D eigenvalue weighted by Gasteiger charge is -2.13. The van der Waals surface area contributed by atoms with E-state index < -0.39 is 12.2 Å². The first-order valence-corrected chi connectivity index (χ1v) is 4.77. The fraction of sp³-hybridized carbons (Fsp3) is 0.444. The van der Waals surface area contributed by atoms with Crippen LogP contribution in [0, 0.1) is 6.92 Å². The lowest BCUT2D eigenvalue weighted by molar-refractivity contribution is -0.276. The maximum atomic E-state index is 12.0. The van der Waals surface area contributed by atoms with Gasteiger partial charge in [0.05, 0.1) is 18.7 Å². The smallest absolute Gasteiger partial charge is 0.491 e. The highest BCUT2D eigenvalue weighted by atomic mass is 35.5. The van der Waals surface area contributed by atoms with Crippen LogP contribution in [-0.2, 0) is 5.88 Å². The second-order valence-electron chi connectivity index (χ2n) is 2.94. The number of halogens is 4. The van der Waals surface area contributed by atoms with Crippen LogP contribution in [0.3, 0.4) is 0 Å². The summed E-state index contributed by atoms with van der Waals surface area (Å²) < 4.78 is 44.6. The standard InChI is InChI=1S/C9H9ClF3NO2/c1-5-3-7(15-2)8(14-6(5)4-10)16-9(11,12)13/h3H,4H2,1-2H3. The maximum absolute atomic E-state index is 12.0. The lowest BCUT2D eigenvalue weighted by atomic mass is 10.2. The fourth-order valence-electron chi connectivity index (χ4n) is 1.07. The van der Waals surface area contributed by atoms with Gasteiger partial charge in [-0.05, 0) is 18.6 Å². The van der Waals surface area contributed by atoms with Gasteiger partial charge in [0.15, 0.2) is 5.75 Å². The molecule has 0 saturated heterocycles. The molecule has 3 nitrogen and oxygen atoms in total. The summed E-state index contributed by atoms with van der Waals surface area (Å²) >= 11 is 5.53. The van der Waals surface area contributed by atoms with E-state index in [4.69, 9.17) is 16.3 Å². The van der Waals surface area contributed by atoms with Gasteiger partial charge in [-0.15, -0.1) is 24.8 Å². The van der Waals surface area contributed by atoms with Gasteiger partial charge >= 0.3 is 6.36 Å². The molecule has 16 heavy (non-hydrogen) atoms. The van der Waals surface area contributed by atoms with E-state index in [1.54, 1.807) is 6.92 Å². The fourth-order valence-corrected chi connectivity index (χ4v) is 1.34. The molecule has 0 spiro atoms. The van der Waals surface area contributed by atoms with Crippen molar-refractivity contribution in [2.24, 2.45) is 0 Å². The average Bonchev–Trinajstić information content (AvgIpc) is 2.18. The summed E-state index contributed by atoms with van der Waals surface area (Å²) in [5, 5.41) is 0. The van der Waals surface area contributed by atoms with Crippen LogP contribution in [0.2, 0.25) is 0 Å². The number of ether oxygens (including phenoxy) is 2. The Labute approximate surface area is 95.1 Å². The molecule has 1 rings (SSSR count). The van der Waals surface area contributed by atoms with Crippen molar-refractivity contribution in [3.05, 3.63) is 17.3 Å². The van der Waals surface area contributed by atoms with Gasteiger partial charge in [0.25, 0.3) is 5.88 Å². The first kappa shape index (κ1) is 12.9. The van der Waals surface area contributed by atoms with Crippen molar-refractivity contribution >= 4 is 11.6 Å².